The number of hydrogen-bond acceptors (Lipinski definition) is 8. The molecule has 606 valence electrons. The second kappa shape index (κ2) is 83.5. The van der Waals surface area contributed by atoms with Crippen LogP contribution in [0.5, 0.6) is 0 Å². The van der Waals surface area contributed by atoms with Crippen LogP contribution in [0, 0.1) is 0 Å². The average Bonchev–Trinajstić information content (AvgIpc) is 0.916. The van der Waals surface area contributed by atoms with Crippen LogP contribution in [0.1, 0.15) is 502 Å². The molecule has 0 aromatic rings. The molecular weight excluding hydrogens is 1280 g/mol. The molecule has 2 unspecified atom stereocenters. The summed E-state index contributed by atoms with van der Waals surface area (Å²) in [5.74, 6) is -0.800. The fourth-order valence-corrected chi connectivity index (χ4v) is 15.2. The lowest BCUT2D eigenvalue weighted by Crippen LogP contribution is -2.37. The molecule has 102 heavy (non-hydrogen) atoms. The van der Waals surface area contributed by atoms with Crippen LogP contribution in [-0.4, -0.2) is 70.0 Å². The lowest BCUT2D eigenvalue weighted by Gasteiger charge is -2.28. The van der Waals surface area contributed by atoms with E-state index in [4.69, 9.17) is 18.5 Å². The molecule has 0 amide bonds. The van der Waals surface area contributed by atoms with E-state index in [-0.39, 0.29) is 32.0 Å². The Hall–Kier alpha value is -1.51. The molecule has 0 aliphatic rings. The number of quaternary nitrogens is 1. The molecule has 0 rings (SSSR count). The first-order valence-corrected chi connectivity index (χ1v) is 47.5. The zero-order chi connectivity index (χ0) is 74.0. The van der Waals surface area contributed by atoms with Gasteiger partial charge in [0, 0.05) is 12.8 Å². The lowest BCUT2D eigenvalue weighted by molar-refractivity contribution is -0.870. The summed E-state index contributed by atoms with van der Waals surface area (Å²) >= 11 is 0. The molecule has 0 spiro atoms. The SMILES string of the molecule is CCCCCCC/C=C\C/C=C\CCCCCCCCCCCCCCCCCCCCCCCCCCCCCCCC(=O)OC(COC(=O)CCCCCCCCCCCCCCCCCCCCCCCCCCCCCCCCCCCCCCC)COP(=O)([O-])OCC[N+](C)(C)C. The number of nitrogens with zero attached hydrogens (tertiary/aromatic N) is 1. The summed E-state index contributed by atoms with van der Waals surface area (Å²) in [5, 5.41) is 0. The summed E-state index contributed by atoms with van der Waals surface area (Å²) in [6, 6.07) is 0. The summed E-state index contributed by atoms with van der Waals surface area (Å²) < 4.78 is 34.5. The summed E-state index contributed by atoms with van der Waals surface area (Å²) in [4.78, 5) is 38.3. The average molecular weight is 1460 g/mol. The predicted molar refractivity (Wildman–Crippen MR) is 444 cm³/mol. The van der Waals surface area contributed by atoms with Gasteiger partial charge in [-0.1, -0.05) is 468 Å². The standard InChI is InChI=1S/C92H180NO8P/c1-6-8-10-12-14-16-18-20-22-24-26-28-30-32-34-36-38-40-42-44-45-46-47-49-51-53-55-57-59-61-63-65-67-69-71-73-75-77-79-81-83-85-92(95)101-90(89-100-102(96,97)99-87-86-93(3,4)5)88-98-91(94)84-82-80-78-76-74-72-70-68-66-64-62-60-58-56-54-52-50-48-43-41-39-37-35-33-31-29-27-25-23-21-19-17-15-13-11-9-7-2/h18,20,24,26,90H,6-17,19,21-23,25,27-89H2,1-5H3/b20-18-,26-24-. The number of unbranched alkanes of at least 4 members (excludes halogenated alkanes) is 70. The highest BCUT2D eigenvalue weighted by Gasteiger charge is 2.22. The predicted octanol–water partition coefficient (Wildman–Crippen LogP) is 30.4. The van der Waals surface area contributed by atoms with Gasteiger partial charge in [0.2, 0.25) is 0 Å². The number of phosphoric acid groups is 1. The highest BCUT2D eigenvalue weighted by atomic mass is 31.2. The van der Waals surface area contributed by atoms with Gasteiger partial charge in [0.15, 0.2) is 6.10 Å². The number of carbonyl (C=O) groups is 2. The van der Waals surface area contributed by atoms with E-state index in [2.05, 4.69) is 38.2 Å². The highest BCUT2D eigenvalue weighted by Crippen LogP contribution is 2.38. The third-order valence-corrected chi connectivity index (χ3v) is 22.4. The topological polar surface area (TPSA) is 111 Å². The fourth-order valence-electron chi connectivity index (χ4n) is 14.5. The minimum absolute atomic E-state index is 0.0256. The van der Waals surface area contributed by atoms with Crippen LogP contribution >= 0.6 is 7.82 Å². The van der Waals surface area contributed by atoms with E-state index in [1.807, 2.05) is 21.1 Å². The van der Waals surface area contributed by atoms with Gasteiger partial charge in [-0.15, -0.1) is 0 Å². The molecule has 0 N–H and O–H groups in total. The van der Waals surface area contributed by atoms with Gasteiger partial charge in [0.05, 0.1) is 27.7 Å². The van der Waals surface area contributed by atoms with Gasteiger partial charge < -0.3 is 27.9 Å². The van der Waals surface area contributed by atoms with Crippen LogP contribution in [0.25, 0.3) is 0 Å². The van der Waals surface area contributed by atoms with E-state index in [1.54, 1.807) is 0 Å². The van der Waals surface area contributed by atoms with Gasteiger partial charge in [-0.3, -0.25) is 14.2 Å². The fraction of sp³-hybridized carbons (Fsp3) is 0.935. The molecule has 0 aromatic heterocycles. The number of carbonyl (C=O) groups excluding carboxylic acids is 2. The number of phosphoric ester groups is 1. The van der Waals surface area contributed by atoms with Crippen LogP contribution in [0.2, 0.25) is 0 Å². The Bertz CT molecular complexity index is 1770. The summed E-state index contributed by atoms with van der Waals surface area (Å²) in [6.45, 7) is 4.34. The third-order valence-electron chi connectivity index (χ3n) is 21.5. The molecule has 0 fully saturated rings. The van der Waals surface area contributed by atoms with E-state index in [1.165, 1.54) is 430 Å². The van der Waals surface area contributed by atoms with Crippen LogP contribution in [0.3, 0.4) is 0 Å². The minimum atomic E-state index is -4.64. The molecule has 0 aliphatic heterocycles. The Morgan fingerprint density at radius 3 is 0.775 bits per heavy atom. The maximum Gasteiger partial charge on any atom is 0.306 e. The summed E-state index contributed by atoms with van der Waals surface area (Å²) in [6.07, 6.45) is 109. The van der Waals surface area contributed by atoms with Gasteiger partial charge in [-0.05, 0) is 44.9 Å². The number of ether oxygens (including phenoxy) is 2. The molecule has 0 aromatic carbocycles. The number of likely N-dealkylation sites (N-methyl/N-ethyl adjacent to an activating group) is 1. The molecular formula is C92H180NO8P. The molecule has 0 heterocycles. The van der Waals surface area contributed by atoms with Crippen molar-refractivity contribution in [1.82, 2.24) is 0 Å². The number of allylic oxidation sites excluding steroid dienone is 4. The van der Waals surface area contributed by atoms with Crippen LogP contribution in [-0.2, 0) is 32.7 Å². The van der Waals surface area contributed by atoms with Crippen molar-refractivity contribution in [3.8, 4) is 0 Å². The first-order valence-electron chi connectivity index (χ1n) is 46.0. The first-order chi connectivity index (χ1) is 50.0. The number of rotatable bonds is 88. The molecule has 0 saturated heterocycles. The van der Waals surface area contributed by atoms with Crippen molar-refractivity contribution >= 4 is 19.8 Å². The molecule has 0 saturated carbocycles. The third kappa shape index (κ3) is 87.4. The van der Waals surface area contributed by atoms with E-state index >= 15 is 0 Å². The summed E-state index contributed by atoms with van der Waals surface area (Å²) in [7, 11) is 1.20. The van der Waals surface area contributed by atoms with Crippen molar-refractivity contribution in [1.29, 1.82) is 0 Å². The van der Waals surface area contributed by atoms with Gasteiger partial charge in [0.1, 0.15) is 19.8 Å². The smallest absolute Gasteiger partial charge is 0.306 e. The Morgan fingerprint density at radius 1 is 0.304 bits per heavy atom. The molecule has 9 nitrogen and oxygen atoms in total. The Balaban J connectivity index is 3.81. The van der Waals surface area contributed by atoms with E-state index < -0.39 is 26.5 Å². The maximum atomic E-state index is 12.9. The van der Waals surface area contributed by atoms with Gasteiger partial charge in [0.25, 0.3) is 7.82 Å². The van der Waals surface area contributed by atoms with Crippen molar-refractivity contribution in [2.45, 2.75) is 508 Å². The van der Waals surface area contributed by atoms with Crippen LogP contribution in [0.4, 0.5) is 0 Å². The van der Waals surface area contributed by atoms with Gasteiger partial charge in [-0.25, -0.2) is 0 Å². The van der Waals surface area contributed by atoms with Crippen molar-refractivity contribution in [2.24, 2.45) is 0 Å². The van der Waals surface area contributed by atoms with E-state index in [0.29, 0.717) is 17.4 Å². The van der Waals surface area contributed by atoms with Gasteiger partial charge in [-0.2, -0.15) is 0 Å². The second-order valence-electron chi connectivity index (χ2n) is 33.0. The molecule has 0 aliphatic carbocycles. The van der Waals surface area contributed by atoms with Crippen molar-refractivity contribution in [2.75, 3.05) is 47.5 Å². The Morgan fingerprint density at radius 2 is 0.529 bits per heavy atom. The first kappa shape index (κ1) is 100. The maximum absolute atomic E-state index is 12.9. The van der Waals surface area contributed by atoms with Gasteiger partial charge >= 0.3 is 11.9 Å². The second-order valence-corrected chi connectivity index (χ2v) is 34.4. The van der Waals surface area contributed by atoms with Crippen molar-refractivity contribution in [3.63, 3.8) is 0 Å². The molecule has 2 atom stereocenters. The van der Waals surface area contributed by atoms with Crippen LogP contribution in [0.15, 0.2) is 24.3 Å². The number of esters is 2. The largest absolute Gasteiger partial charge is 0.756 e. The Labute approximate surface area is 638 Å². The van der Waals surface area contributed by atoms with E-state index in [9.17, 15) is 19.0 Å². The zero-order valence-corrected chi connectivity index (χ0v) is 70.5. The van der Waals surface area contributed by atoms with Crippen molar-refractivity contribution in [3.05, 3.63) is 24.3 Å². The minimum Gasteiger partial charge on any atom is -0.756 e. The molecule has 0 bridgehead atoms. The molecule has 10 heteroatoms. The summed E-state index contributed by atoms with van der Waals surface area (Å²) in [5.41, 5.74) is 0. The highest BCUT2D eigenvalue weighted by molar-refractivity contribution is 7.45. The number of hydrogen-bond donors (Lipinski definition) is 0. The zero-order valence-electron chi connectivity index (χ0n) is 69.6. The molecule has 0 radical (unpaired) electrons. The van der Waals surface area contributed by atoms with Crippen molar-refractivity contribution < 1.29 is 42.1 Å². The van der Waals surface area contributed by atoms with Crippen LogP contribution < -0.4 is 4.89 Å². The Kier molecular flexibility index (Phi) is 82.3. The lowest BCUT2D eigenvalue weighted by atomic mass is 10.0. The monoisotopic (exact) mass is 1460 g/mol. The van der Waals surface area contributed by atoms with E-state index in [0.717, 1.165) is 38.5 Å². The quantitative estimate of drug-likeness (QED) is 0.0195. The normalized spacial score (nSPS) is 13.0.